The summed E-state index contributed by atoms with van der Waals surface area (Å²) in [6.07, 6.45) is 1.98. The summed E-state index contributed by atoms with van der Waals surface area (Å²) in [6.45, 7) is 3.75. The molecule has 0 spiro atoms. The van der Waals surface area contributed by atoms with E-state index in [0.717, 1.165) is 31.7 Å². The number of carbonyl (C=O) groups is 1. The molecular weight excluding hydrogens is 288 g/mol. The molecule has 4 nitrogen and oxygen atoms in total. The molecule has 116 valence electrons. The van der Waals surface area contributed by atoms with Crippen LogP contribution in [0.1, 0.15) is 15.9 Å². The van der Waals surface area contributed by atoms with Crippen molar-refractivity contribution in [3.63, 3.8) is 0 Å². The van der Waals surface area contributed by atoms with E-state index in [2.05, 4.69) is 34.1 Å². The average molecular weight is 306 g/mol. The summed E-state index contributed by atoms with van der Waals surface area (Å²) in [7, 11) is 0. The maximum atomic E-state index is 11.9. The summed E-state index contributed by atoms with van der Waals surface area (Å²) >= 11 is 0. The largest absolute Gasteiger partial charge is 0.421 e. The Morgan fingerprint density at radius 2 is 1.48 bits per heavy atom. The monoisotopic (exact) mass is 306 g/mol. The normalized spacial score (nSPS) is 19.0. The third kappa shape index (κ3) is 2.68. The molecule has 2 aliphatic heterocycles. The number of benzene rings is 2. The third-order valence-electron chi connectivity index (χ3n) is 4.35. The number of anilines is 1. The number of carbonyl (C=O) groups excluding carboxylic acids is 1. The molecule has 2 heterocycles. The van der Waals surface area contributed by atoms with Crippen molar-refractivity contribution in [1.82, 2.24) is 4.90 Å². The van der Waals surface area contributed by atoms with Gasteiger partial charge < -0.3 is 14.5 Å². The van der Waals surface area contributed by atoms with Crippen LogP contribution >= 0.6 is 0 Å². The Balaban J connectivity index is 1.47. The number of fused-ring (bicyclic) bond motifs is 1. The standard InChI is InChI=1S/C19H18N2O2/c22-19-17-9-5-4-8-16(17)18(23-19)14-20-10-12-21(13-11-20)15-6-2-1-3-7-15/h1-9,14H,10-13H2/b18-14+. The fourth-order valence-corrected chi connectivity index (χ4v) is 3.10. The van der Waals surface area contributed by atoms with Crippen molar-refractivity contribution in [3.05, 3.63) is 71.9 Å². The Bertz CT molecular complexity index is 747. The molecule has 1 fully saturated rings. The lowest BCUT2D eigenvalue weighted by Crippen LogP contribution is -2.44. The molecule has 0 radical (unpaired) electrons. The number of hydrogen-bond donors (Lipinski definition) is 0. The van der Waals surface area contributed by atoms with Crippen LogP contribution in [-0.4, -0.2) is 37.0 Å². The van der Waals surface area contributed by atoms with Crippen molar-refractivity contribution in [2.75, 3.05) is 31.1 Å². The summed E-state index contributed by atoms with van der Waals surface area (Å²) < 4.78 is 5.41. The minimum Gasteiger partial charge on any atom is -0.421 e. The van der Waals surface area contributed by atoms with Gasteiger partial charge in [0.05, 0.1) is 5.56 Å². The minimum absolute atomic E-state index is 0.255. The summed E-state index contributed by atoms with van der Waals surface area (Å²) in [4.78, 5) is 16.5. The van der Waals surface area contributed by atoms with Crippen molar-refractivity contribution < 1.29 is 9.53 Å². The fraction of sp³-hybridized carbons (Fsp3) is 0.211. The van der Waals surface area contributed by atoms with Crippen molar-refractivity contribution in [3.8, 4) is 0 Å². The van der Waals surface area contributed by atoms with Crippen LogP contribution < -0.4 is 4.90 Å². The smallest absolute Gasteiger partial charge is 0.344 e. The molecule has 0 atom stereocenters. The van der Waals surface area contributed by atoms with E-state index in [1.165, 1.54) is 5.69 Å². The molecule has 0 saturated carbocycles. The van der Waals surface area contributed by atoms with Crippen LogP contribution in [0, 0.1) is 0 Å². The summed E-state index contributed by atoms with van der Waals surface area (Å²) in [5.74, 6) is 0.411. The molecule has 23 heavy (non-hydrogen) atoms. The second-order valence-electron chi connectivity index (χ2n) is 5.79. The molecule has 0 aliphatic carbocycles. The number of cyclic esters (lactones) is 1. The maximum Gasteiger partial charge on any atom is 0.344 e. The fourth-order valence-electron chi connectivity index (χ4n) is 3.10. The van der Waals surface area contributed by atoms with Gasteiger partial charge in [-0.3, -0.25) is 0 Å². The van der Waals surface area contributed by atoms with Gasteiger partial charge in [0.2, 0.25) is 0 Å². The first-order valence-corrected chi connectivity index (χ1v) is 7.89. The highest BCUT2D eigenvalue weighted by atomic mass is 16.5. The summed E-state index contributed by atoms with van der Waals surface area (Å²) in [6, 6.07) is 18.0. The van der Waals surface area contributed by atoms with Crippen LogP contribution in [-0.2, 0) is 4.74 Å². The molecule has 0 amide bonds. The van der Waals surface area contributed by atoms with Crippen LogP contribution in [0.5, 0.6) is 0 Å². The zero-order chi connectivity index (χ0) is 15.6. The van der Waals surface area contributed by atoms with Crippen molar-refractivity contribution >= 4 is 17.4 Å². The second kappa shape index (κ2) is 5.80. The maximum absolute atomic E-state index is 11.9. The number of hydrogen-bond acceptors (Lipinski definition) is 4. The summed E-state index contributed by atoms with van der Waals surface area (Å²) in [5.41, 5.74) is 2.81. The predicted molar refractivity (Wildman–Crippen MR) is 90.1 cm³/mol. The topological polar surface area (TPSA) is 32.8 Å². The van der Waals surface area contributed by atoms with E-state index in [-0.39, 0.29) is 5.97 Å². The SMILES string of the molecule is O=C1O/C(=C/N2CCN(c3ccccc3)CC2)c2ccccc21. The first kappa shape index (κ1) is 13.9. The number of para-hydroxylation sites is 1. The zero-order valence-corrected chi connectivity index (χ0v) is 12.8. The van der Waals surface area contributed by atoms with Crippen LogP contribution in [0.25, 0.3) is 5.76 Å². The van der Waals surface area contributed by atoms with Gasteiger partial charge in [0, 0.05) is 43.6 Å². The first-order chi connectivity index (χ1) is 11.3. The zero-order valence-electron chi connectivity index (χ0n) is 12.8. The van der Waals surface area contributed by atoms with E-state index in [4.69, 9.17) is 4.74 Å². The van der Waals surface area contributed by atoms with Gasteiger partial charge in [0.15, 0.2) is 5.76 Å². The van der Waals surface area contributed by atoms with E-state index in [0.29, 0.717) is 11.3 Å². The van der Waals surface area contributed by atoms with E-state index in [1.807, 2.05) is 36.5 Å². The molecule has 1 saturated heterocycles. The number of esters is 1. The number of nitrogens with zero attached hydrogens (tertiary/aromatic N) is 2. The number of rotatable bonds is 2. The molecule has 0 unspecified atom stereocenters. The third-order valence-corrected chi connectivity index (χ3v) is 4.35. The quantitative estimate of drug-likeness (QED) is 0.799. The van der Waals surface area contributed by atoms with Gasteiger partial charge in [-0.25, -0.2) is 4.79 Å². The van der Waals surface area contributed by atoms with Gasteiger partial charge in [-0.2, -0.15) is 0 Å². The molecular formula is C19H18N2O2. The van der Waals surface area contributed by atoms with Gasteiger partial charge in [-0.05, 0) is 18.2 Å². The Kier molecular flexibility index (Phi) is 3.50. The second-order valence-corrected chi connectivity index (χ2v) is 5.79. The van der Waals surface area contributed by atoms with Gasteiger partial charge >= 0.3 is 5.97 Å². The van der Waals surface area contributed by atoms with Crippen LogP contribution in [0.3, 0.4) is 0 Å². The lowest BCUT2D eigenvalue weighted by atomic mass is 10.1. The van der Waals surface area contributed by atoms with Crippen molar-refractivity contribution in [2.45, 2.75) is 0 Å². The van der Waals surface area contributed by atoms with Gasteiger partial charge in [-0.1, -0.05) is 36.4 Å². The molecule has 2 aromatic carbocycles. The highest BCUT2D eigenvalue weighted by molar-refractivity contribution is 6.02. The van der Waals surface area contributed by atoms with Crippen molar-refractivity contribution in [1.29, 1.82) is 0 Å². The highest BCUT2D eigenvalue weighted by Gasteiger charge is 2.27. The Hall–Kier alpha value is -2.75. The van der Waals surface area contributed by atoms with Crippen LogP contribution in [0.4, 0.5) is 5.69 Å². The van der Waals surface area contributed by atoms with Gasteiger partial charge in [-0.15, -0.1) is 0 Å². The lowest BCUT2D eigenvalue weighted by molar-refractivity contribution is 0.0713. The Morgan fingerprint density at radius 1 is 0.826 bits per heavy atom. The summed E-state index contributed by atoms with van der Waals surface area (Å²) in [5, 5.41) is 0. The first-order valence-electron chi connectivity index (χ1n) is 7.89. The highest BCUT2D eigenvalue weighted by Crippen LogP contribution is 2.30. The molecule has 0 aromatic heterocycles. The number of piperazine rings is 1. The van der Waals surface area contributed by atoms with Crippen molar-refractivity contribution in [2.24, 2.45) is 0 Å². The molecule has 4 heteroatoms. The average Bonchev–Trinajstić information content (AvgIpc) is 2.93. The Morgan fingerprint density at radius 3 is 2.22 bits per heavy atom. The molecule has 0 bridgehead atoms. The molecule has 4 rings (SSSR count). The van der Waals surface area contributed by atoms with E-state index in [1.54, 1.807) is 0 Å². The van der Waals surface area contributed by atoms with E-state index < -0.39 is 0 Å². The Labute approximate surface area is 135 Å². The van der Waals surface area contributed by atoms with Crippen LogP contribution in [0.15, 0.2) is 60.8 Å². The van der Waals surface area contributed by atoms with E-state index in [9.17, 15) is 4.79 Å². The van der Waals surface area contributed by atoms with Gasteiger partial charge in [0.25, 0.3) is 0 Å². The minimum atomic E-state index is -0.255. The number of ether oxygens (including phenoxy) is 1. The molecule has 0 N–H and O–H groups in total. The lowest BCUT2D eigenvalue weighted by Gasteiger charge is -2.35. The predicted octanol–water partition coefficient (Wildman–Crippen LogP) is 2.98. The van der Waals surface area contributed by atoms with Crippen LogP contribution in [0.2, 0.25) is 0 Å². The molecule has 2 aliphatic rings. The van der Waals surface area contributed by atoms with E-state index >= 15 is 0 Å². The molecule has 2 aromatic rings. The van der Waals surface area contributed by atoms with Gasteiger partial charge in [0.1, 0.15) is 0 Å².